The third-order valence-electron chi connectivity index (χ3n) is 6.02. The zero-order chi connectivity index (χ0) is 37.6. The Hall–Kier alpha value is -3.18. The van der Waals surface area contributed by atoms with Gasteiger partial charge in [-0.3, -0.25) is 28.8 Å². The molecule has 4 amide bonds. The fourth-order valence-corrected chi connectivity index (χ4v) is 3.44. The smallest absolute Gasteiger partial charge is 0.246 e. The fraction of sp³-hybridized carbons (Fsp3) is 0.806. The predicted molar refractivity (Wildman–Crippen MR) is 181 cm³/mol. The zero-order valence-corrected chi connectivity index (χ0v) is 29.5. The van der Waals surface area contributed by atoms with Gasteiger partial charge in [0.15, 0.2) is 11.6 Å². The molecule has 0 aromatic heterocycles. The van der Waals surface area contributed by atoms with Gasteiger partial charge in [0.2, 0.25) is 23.6 Å². The number of Topliss-reactive ketones (excluding diaryl/α,β-unsaturated/α-hetero) is 2. The average molecular weight is 739 g/mol. The minimum Gasteiger partial charge on any atom is -0.377 e. The number of nitrogens with two attached hydrogens (primary N) is 2. The van der Waals surface area contributed by atoms with Crippen LogP contribution in [0.15, 0.2) is 0 Å². The molecular formula is C31H58N6O14. The number of carbonyl (C=O) groups is 6. The second-order valence-corrected chi connectivity index (χ2v) is 10.4. The van der Waals surface area contributed by atoms with E-state index in [4.69, 9.17) is 49.4 Å². The number of amides is 4. The molecule has 296 valence electrons. The van der Waals surface area contributed by atoms with E-state index in [0.717, 1.165) is 0 Å². The van der Waals surface area contributed by atoms with Gasteiger partial charge in [0.25, 0.3) is 0 Å². The molecule has 0 aromatic carbocycles. The van der Waals surface area contributed by atoms with E-state index in [0.29, 0.717) is 59.0 Å². The first-order valence-electron chi connectivity index (χ1n) is 16.9. The van der Waals surface area contributed by atoms with E-state index < -0.39 is 0 Å². The van der Waals surface area contributed by atoms with E-state index in [2.05, 4.69) is 21.3 Å². The highest BCUT2D eigenvalue weighted by atomic mass is 16.5. The summed E-state index contributed by atoms with van der Waals surface area (Å²) in [7, 11) is 0. The highest BCUT2D eigenvalue weighted by Crippen LogP contribution is 1.95. The Morgan fingerprint density at radius 3 is 0.941 bits per heavy atom. The molecule has 0 aliphatic rings. The summed E-state index contributed by atoms with van der Waals surface area (Å²) in [6, 6.07) is 0. The molecule has 20 heteroatoms. The van der Waals surface area contributed by atoms with Crippen molar-refractivity contribution in [3.05, 3.63) is 0 Å². The van der Waals surface area contributed by atoms with Crippen LogP contribution in [0.1, 0.15) is 19.3 Å². The van der Waals surface area contributed by atoms with Gasteiger partial charge in [-0.15, -0.1) is 0 Å². The van der Waals surface area contributed by atoms with Crippen molar-refractivity contribution in [2.24, 2.45) is 11.5 Å². The topological polar surface area (TPSA) is 276 Å². The first-order valence-corrected chi connectivity index (χ1v) is 16.9. The third-order valence-corrected chi connectivity index (χ3v) is 6.02. The second kappa shape index (κ2) is 36.6. The Balaban J connectivity index is 3.42. The average Bonchev–Trinajstić information content (AvgIpc) is 3.12. The molecule has 0 bridgehead atoms. The van der Waals surface area contributed by atoms with E-state index >= 15 is 0 Å². The lowest BCUT2D eigenvalue weighted by molar-refractivity contribution is -0.127. The summed E-state index contributed by atoms with van der Waals surface area (Å²) < 4.78 is 41.9. The molecule has 0 saturated carbocycles. The molecule has 0 rings (SSSR count). The predicted octanol–water partition coefficient (Wildman–Crippen LogP) is -4.19. The molecule has 0 spiro atoms. The second-order valence-electron chi connectivity index (χ2n) is 10.4. The number of hydrogen-bond donors (Lipinski definition) is 6. The molecule has 0 unspecified atom stereocenters. The van der Waals surface area contributed by atoms with Crippen LogP contribution in [0.2, 0.25) is 0 Å². The summed E-state index contributed by atoms with van der Waals surface area (Å²) in [5, 5.41) is 10.7. The Morgan fingerprint density at radius 2 is 0.627 bits per heavy atom. The number of rotatable bonds is 38. The van der Waals surface area contributed by atoms with Gasteiger partial charge in [-0.25, -0.2) is 0 Å². The van der Waals surface area contributed by atoms with Gasteiger partial charge in [0, 0.05) is 39.0 Å². The van der Waals surface area contributed by atoms with Crippen molar-refractivity contribution in [3.63, 3.8) is 0 Å². The number of ketones is 2. The van der Waals surface area contributed by atoms with Crippen molar-refractivity contribution in [1.82, 2.24) is 21.3 Å². The summed E-state index contributed by atoms with van der Waals surface area (Å²) in [5.74, 6) is -1.34. The Labute approximate surface area is 298 Å². The van der Waals surface area contributed by atoms with Crippen molar-refractivity contribution >= 4 is 35.2 Å². The minimum absolute atomic E-state index is 0.0400. The lowest BCUT2D eigenvalue weighted by Crippen LogP contribution is -2.31. The zero-order valence-electron chi connectivity index (χ0n) is 29.5. The number of nitrogens with one attached hydrogen (secondary N) is 4. The highest BCUT2D eigenvalue weighted by Gasteiger charge is 2.06. The number of carbonyl (C=O) groups excluding carboxylic acids is 6. The molecule has 51 heavy (non-hydrogen) atoms. The van der Waals surface area contributed by atoms with Crippen LogP contribution in [0.4, 0.5) is 0 Å². The Kier molecular flexibility index (Phi) is 34.3. The third kappa shape index (κ3) is 36.4. The van der Waals surface area contributed by atoms with Crippen molar-refractivity contribution in [2.75, 3.05) is 145 Å². The van der Waals surface area contributed by atoms with Crippen LogP contribution in [-0.4, -0.2) is 180 Å². The molecule has 0 radical (unpaired) electrons. The molecule has 8 N–H and O–H groups in total. The van der Waals surface area contributed by atoms with Gasteiger partial charge in [-0.2, -0.15) is 0 Å². The van der Waals surface area contributed by atoms with Gasteiger partial charge in [0.1, 0.15) is 26.4 Å². The van der Waals surface area contributed by atoms with Crippen molar-refractivity contribution in [1.29, 1.82) is 0 Å². The van der Waals surface area contributed by atoms with E-state index in [1.165, 1.54) is 0 Å². The Bertz CT molecular complexity index is 875. The quantitative estimate of drug-likeness (QED) is 0.0328. The largest absolute Gasteiger partial charge is 0.377 e. The first-order chi connectivity index (χ1) is 24.8. The van der Waals surface area contributed by atoms with Crippen LogP contribution in [0.5, 0.6) is 0 Å². The van der Waals surface area contributed by atoms with Gasteiger partial charge in [-0.05, 0) is 6.42 Å². The molecule has 0 saturated heterocycles. The maximum absolute atomic E-state index is 11.9. The Morgan fingerprint density at radius 1 is 0.353 bits per heavy atom. The minimum atomic E-state index is -0.293. The van der Waals surface area contributed by atoms with Gasteiger partial charge < -0.3 is 70.6 Å². The van der Waals surface area contributed by atoms with Crippen molar-refractivity contribution < 1.29 is 66.7 Å². The molecule has 0 aliphatic carbocycles. The van der Waals surface area contributed by atoms with Crippen LogP contribution < -0.4 is 32.7 Å². The normalized spacial score (nSPS) is 10.9. The van der Waals surface area contributed by atoms with Crippen molar-refractivity contribution in [2.45, 2.75) is 19.3 Å². The van der Waals surface area contributed by atoms with Crippen LogP contribution in [-0.2, 0) is 66.7 Å². The SMILES string of the molecule is NCC(=O)COCCOCCNC(=O)COCCOCCNC(=O)CCCC(=O)NCCOCCOCC(=O)NCCOCCOCC(=O)CN. The van der Waals surface area contributed by atoms with Gasteiger partial charge >= 0.3 is 0 Å². The number of hydrogen-bond acceptors (Lipinski definition) is 16. The van der Waals surface area contributed by atoms with Crippen molar-refractivity contribution in [3.8, 4) is 0 Å². The molecule has 0 atom stereocenters. The molecule has 0 heterocycles. The first kappa shape index (κ1) is 47.8. The van der Waals surface area contributed by atoms with Crippen LogP contribution >= 0.6 is 0 Å². The van der Waals surface area contributed by atoms with E-state index in [9.17, 15) is 28.8 Å². The van der Waals surface area contributed by atoms with Crippen LogP contribution in [0.25, 0.3) is 0 Å². The maximum atomic E-state index is 11.9. The number of ether oxygens (including phenoxy) is 8. The molecule has 0 aromatic rings. The summed E-state index contributed by atoms with van der Waals surface area (Å²) in [4.78, 5) is 69.2. The monoisotopic (exact) mass is 738 g/mol. The summed E-state index contributed by atoms with van der Waals surface area (Å²) in [5.41, 5.74) is 10.3. The van der Waals surface area contributed by atoms with Crippen LogP contribution in [0, 0.1) is 0 Å². The summed E-state index contributed by atoms with van der Waals surface area (Å²) in [6.07, 6.45) is 0.784. The fourth-order valence-electron chi connectivity index (χ4n) is 3.44. The lowest BCUT2D eigenvalue weighted by atomic mass is 10.2. The van der Waals surface area contributed by atoms with E-state index in [-0.39, 0.29) is 140 Å². The lowest BCUT2D eigenvalue weighted by Gasteiger charge is -2.09. The standard InChI is InChI=1S/C31H58N6O14/c32-20-26(38)22-48-16-12-46-10-6-36-30(42)24-50-18-14-44-8-4-34-28(40)2-1-3-29(41)35-5-9-45-15-19-51-25-31(43)37-7-11-47-13-17-49-23-27(39)21-33/h1-25,32-33H2,(H,34,40)(H,35,41)(H,36,42)(H,37,43). The summed E-state index contributed by atoms with van der Waals surface area (Å²) in [6.45, 7) is 3.96. The molecule has 0 fully saturated rings. The molecule has 20 nitrogen and oxygen atoms in total. The maximum Gasteiger partial charge on any atom is 0.246 e. The molecular weight excluding hydrogens is 680 g/mol. The van der Waals surface area contributed by atoms with Crippen LogP contribution in [0.3, 0.4) is 0 Å². The summed E-state index contributed by atoms with van der Waals surface area (Å²) >= 11 is 0. The molecule has 0 aliphatic heterocycles. The van der Waals surface area contributed by atoms with E-state index in [1.807, 2.05) is 0 Å². The van der Waals surface area contributed by atoms with E-state index in [1.54, 1.807) is 0 Å². The van der Waals surface area contributed by atoms with Gasteiger partial charge in [-0.1, -0.05) is 0 Å². The highest BCUT2D eigenvalue weighted by molar-refractivity contribution is 5.82. The van der Waals surface area contributed by atoms with Gasteiger partial charge in [0.05, 0.1) is 92.4 Å².